The van der Waals surface area contributed by atoms with Gasteiger partial charge in [0.15, 0.2) is 5.82 Å². The van der Waals surface area contributed by atoms with Crippen molar-refractivity contribution in [3.63, 3.8) is 0 Å². The summed E-state index contributed by atoms with van der Waals surface area (Å²) in [5, 5.41) is 8.11. The molecular formula is C23H25ClN4O3. The van der Waals surface area contributed by atoms with E-state index in [-0.39, 0.29) is 24.5 Å². The van der Waals surface area contributed by atoms with Crippen molar-refractivity contribution < 1.29 is 14.3 Å². The largest absolute Gasteiger partial charge is 0.493 e. The first-order valence-corrected chi connectivity index (χ1v) is 10.7. The van der Waals surface area contributed by atoms with Gasteiger partial charge in [-0.3, -0.25) is 9.48 Å². The molecule has 2 aromatic carbocycles. The molecule has 0 fully saturated rings. The maximum absolute atomic E-state index is 12.7. The molecular weight excluding hydrogens is 416 g/mol. The van der Waals surface area contributed by atoms with E-state index in [1.165, 1.54) is 0 Å². The van der Waals surface area contributed by atoms with E-state index in [0.717, 1.165) is 23.3 Å². The van der Waals surface area contributed by atoms with Crippen LogP contribution in [0.5, 0.6) is 11.5 Å². The molecule has 0 radical (unpaired) electrons. The predicted octanol–water partition coefficient (Wildman–Crippen LogP) is 4.11. The molecule has 1 aliphatic heterocycles. The van der Waals surface area contributed by atoms with E-state index >= 15 is 0 Å². The average Bonchev–Trinajstić information content (AvgIpc) is 3.09. The Labute approximate surface area is 186 Å². The summed E-state index contributed by atoms with van der Waals surface area (Å²) >= 11 is 6.23. The van der Waals surface area contributed by atoms with E-state index in [1.54, 1.807) is 17.8 Å². The van der Waals surface area contributed by atoms with Gasteiger partial charge in [0.1, 0.15) is 17.3 Å². The molecule has 2 heterocycles. The molecule has 31 heavy (non-hydrogen) atoms. The van der Waals surface area contributed by atoms with E-state index < -0.39 is 0 Å². The van der Waals surface area contributed by atoms with E-state index in [4.69, 9.17) is 21.1 Å². The second-order valence-electron chi connectivity index (χ2n) is 7.76. The van der Waals surface area contributed by atoms with Crippen LogP contribution < -0.4 is 14.8 Å². The molecule has 1 N–H and O–H groups in total. The molecule has 1 atom stereocenters. The van der Waals surface area contributed by atoms with Crippen LogP contribution in [0.2, 0.25) is 5.02 Å². The number of hydrogen-bond donors (Lipinski definition) is 1. The van der Waals surface area contributed by atoms with Crippen molar-refractivity contribution in [1.82, 2.24) is 20.1 Å². The van der Waals surface area contributed by atoms with Crippen molar-refractivity contribution in [2.45, 2.75) is 38.8 Å². The molecule has 7 nitrogen and oxygen atoms in total. The Morgan fingerprint density at radius 3 is 2.94 bits per heavy atom. The first kappa shape index (κ1) is 21.2. The highest BCUT2D eigenvalue weighted by molar-refractivity contribution is 6.32. The SMILES string of the molecule is CC(C)Oc1cc(-c2nc(CC(=O)N[C@@H]3CCOc4ccccc43)n(C)n2)ccc1Cl. The number of aromatic nitrogens is 3. The summed E-state index contributed by atoms with van der Waals surface area (Å²) in [6, 6.07) is 13.1. The third-order valence-electron chi connectivity index (χ3n) is 5.02. The number of nitrogens with one attached hydrogen (secondary N) is 1. The highest BCUT2D eigenvalue weighted by atomic mass is 35.5. The summed E-state index contributed by atoms with van der Waals surface area (Å²) in [6.45, 7) is 4.46. The summed E-state index contributed by atoms with van der Waals surface area (Å²) in [4.78, 5) is 17.3. The Morgan fingerprint density at radius 1 is 1.32 bits per heavy atom. The lowest BCUT2D eigenvalue weighted by Gasteiger charge is -2.26. The quantitative estimate of drug-likeness (QED) is 0.624. The molecule has 0 saturated heterocycles. The standard InChI is InChI=1S/C23H25ClN4O3/c1-14(2)31-20-12-15(8-9-17(20)24)23-26-21(28(3)27-23)13-22(29)25-18-10-11-30-19-7-5-4-6-16(18)19/h4-9,12,14,18H,10-11,13H2,1-3H3,(H,25,29)/t18-/m1/s1. The Hall–Kier alpha value is -3.06. The van der Waals surface area contributed by atoms with E-state index in [0.29, 0.717) is 29.0 Å². The number of ether oxygens (including phenoxy) is 2. The number of fused-ring (bicyclic) bond motifs is 1. The van der Waals surface area contributed by atoms with Crippen LogP contribution in [-0.2, 0) is 18.3 Å². The minimum atomic E-state index is -0.108. The van der Waals surface area contributed by atoms with Crippen molar-refractivity contribution in [2.75, 3.05) is 6.61 Å². The van der Waals surface area contributed by atoms with E-state index in [1.807, 2.05) is 50.2 Å². The van der Waals surface area contributed by atoms with Gasteiger partial charge in [0.05, 0.1) is 30.2 Å². The fourth-order valence-electron chi connectivity index (χ4n) is 3.56. The van der Waals surface area contributed by atoms with Crippen LogP contribution in [0.4, 0.5) is 0 Å². The van der Waals surface area contributed by atoms with Gasteiger partial charge in [-0.1, -0.05) is 29.8 Å². The highest BCUT2D eigenvalue weighted by Gasteiger charge is 2.23. The first-order chi connectivity index (χ1) is 14.9. The Morgan fingerprint density at radius 2 is 2.13 bits per heavy atom. The van der Waals surface area contributed by atoms with Crippen molar-refractivity contribution in [3.05, 3.63) is 58.9 Å². The van der Waals surface area contributed by atoms with Gasteiger partial charge in [0, 0.05) is 24.6 Å². The number of para-hydroxylation sites is 1. The molecule has 1 aliphatic rings. The van der Waals surface area contributed by atoms with Gasteiger partial charge in [-0.15, -0.1) is 0 Å². The van der Waals surface area contributed by atoms with Crippen LogP contribution in [0, 0.1) is 0 Å². The molecule has 0 saturated carbocycles. The monoisotopic (exact) mass is 440 g/mol. The second kappa shape index (κ2) is 8.98. The van der Waals surface area contributed by atoms with Crippen LogP contribution in [0.15, 0.2) is 42.5 Å². The number of aryl methyl sites for hydroxylation is 1. The number of halogens is 1. The zero-order valence-corrected chi connectivity index (χ0v) is 18.5. The molecule has 1 aromatic heterocycles. The fourth-order valence-corrected chi connectivity index (χ4v) is 3.72. The molecule has 162 valence electrons. The second-order valence-corrected chi connectivity index (χ2v) is 8.17. The minimum Gasteiger partial charge on any atom is -0.493 e. The lowest BCUT2D eigenvalue weighted by Crippen LogP contribution is -2.33. The predicted molar refractivity (Wildman–Crippen MR) is 118 cm³/mol. The number of benzene rings is 2. The zero-order chi connectivity index (χ0) is 22.0. The summed E-state index contributed by atoms with van der Waals surface area (Å²) in [6.07, 6.45) is 0.862. The lowest BCUT2D eigenvalue weighted by atomic mass is 10.0. The van der Waals surface area contributed by atoms with Crippen LogP contribution >= 0.6 is 11.6 Å². The molecule has 3 aromatic rings. The van der Waals surface area contributed by atoms with Crippen molar-refractivity contribution in [1.29, 1.82) is 0 Å². The maximum atomic E-state index is 12.7. The molecule has 8 heteroatoms. The van der Waals surface area contributed by atoms with Gasteiger partial charge in [0.25, 0.3) is 0 Å². The Bertz CT molecular complexity index is 1100. The van der Waals surface area contributed by atoms with Crippen molar-refractivity contribution >= 4 is 17.5 Å². The molecule has 0 spiro atoms. The van der Waals surface area contributed by atoms with Crippen molar-refractivity contribution in [2.24, 2.45) is 7.05 Å². The van der Waals surface area contributed by atoms with Crippen LogP contribution in [0.3, 0.4) is 0 Å². The molecule has 1 amide bonds. The summed E-state index contributed by atoms with van der Waals surface area (Å²) in [5.74, 6) is 2.39. The summed E-state index contributed by atoms with van der Waals surface area (Å²) in [7, 11) is 1.78. The number of nitrogens with zero attached hydrogens (tertiary/aromatic N) is 3. The van der Waals surface area contributed by atoms with Crippen LogP contribution in [0.1, 0.15) is 37.7 Å². The Kier molecular flexibility index (Phi) is 6.13. The van der Waals surface area contributed by atoms with Crippen LogP contribution in [-0.4, -0.2) is 33.4 Å². The van der Waals surface area contributed by atoms with Gasteiger partial charge < -0.3 is 14.8 Å². The van der Waals surface area contributed by atoms with E-state index in [2.05, 4.69) is 15.4 Å². The van der Waals surface area contributed by atoms with Gasteiger partial charge in [-0.25, -0.2) is 4.98 Å². The molecule has 0 bridgehead atoms. The Balaban J connectivity index is 1.48. The minimum absolute atomic E-state index is 0.000911. The lowest BCUT2D eigenvalue weighted by molar-refractivity contribution is -0.121. The van der Waals surface area contributed by atoms with Gasteiger partial charge in [-0.05, 0) is 38.1 Å². The third kappa shape index (κ3) is 4.82. The average molecular weight is 441 g/mol. The summed E-state index contributed by atoms with van der Waals surface area (Å²) < 4.78 is 13.1. The fraction of sp³-hybridized carbons (Fsp3) is 0.348. The van der Waals surface area contributed by atoms with Gasteiger partial charge in [0.2, 0.25) is 5.91 Å². The smallest absolute Gasteiger partial charge is 0.228 e. The number of hydrogen-bond acceptors (Lipinski definition) is 5. The topological polar surface area (TPSA) is 78.3 Å². The maximum Gasteiger partial charge on any atom is 0.228 e. The normalized spacial score (nSPS) is 15.3. The molecule has 4 rings (SSSR count). The third-order valence-corrected chi connectivity index (χ3v) is 5.33. The van der Waals surface area contributed by atoms with Gasteiger partial charge in [-0.2, -0.15) is 5.10 Å². The number of rotatable bonds is 6. The van der Waals surface area contributed by atoms with Gasteiger partial charge >= 0.3 is 0 Å². The van der Waals surface area contributed by atoms with Crippen molar-refractivity contribution in [3.8, 4) is 22.9 Å². The zero-order valence-electron chi connectivity index (χ0n) is 17.8. The number of amides is 1. The summed E-state index contributed by atoms with van der Waals surface area (Å²) in [5.41, 5.74) is 1.78. The number of carbonyl (C=O) groups excluding carboxylic acids is 1. The first-order valence-electron chi connectivity index (χ1n) is 10.3. The number of carbonyl (C=O) groups is 1. The molecule has 0 aliphatic carbocycles. The van der Waals surface area contributed by atoms with E-state index in [9.17, 15) is 4.79 Å². The van der Waals surface area contributed by atoms with Crippen LogP contribution in [0.25, 0.3) is 11.4 Å². The molecule has 0 unspecified atom stereocenters. The highest BCUT2D eigenvalue weighted by Crippen LogP contribution is 2.32.